The van der Waals surface area contributed by atoms with Crippen molar-refractivity contribution in [2.75, 3.05) is 13.2 Å². The molecule has 3 heterocycles. The molecule has 0 atom stereocenters. The first-order valence-corrected chi connectivity index (χ1v) is 12.7. The van der Waals surface area contributed by atoms with Crippen LogP contribution < -0.4 is 9.46 Å². The highest BCUT2D eigenvalue weighted by Gasteiger charge is 2.25. The van der Waals surface area contributed by atoms with E-state index in [9.17, 15) is 13.2 Å². The molecule has 0 bridgehead atoms. The standard InChI is InChI=1S/C23H25N3O4S2/c1-16-3-5-19(6-4-16)30-14-23(27)26-9-7-21-18(13-26)11-24-17(2)22(21)12-25-32(28,29)20-8-10-31-15-20/h3-6,8,10-11,15,25H,7,9,12-14H2,1-2H3. The van der Waals surface area contributed by atoms with Gasteiger partial charge >= 0.3 is 0 Å². The average molecular weight is 472 g/mol. The molecule has 2 aromatic heterocycles. The Morgan fingerprint density at radius 3 is 2.72 bits per heavy atom. The topological polar surface area (TPSA) is 88.6 Å². The minimum atomic E-state index is -3.57. The van der Waals surface area contributed by atoms with E-state index in [1.165, 1.54) is 11.3 Å². The minimum Gasteiger partial charge on any atom is -0.484 e. The molecule has 3 aromatic rings. The molecule has 7 nitrogen and oxygen atoms in total. The Labute approximate surface area is 192 Å². The van der Waals surface area contributed by atoms with Gasteiger partial charge in [0.1, 0.15) is 5.75 Å². The van der Waals surface area contributed by atoms with Gasteiger partial charge in [-0.3, -0.25) is 9.78 Å². The summed E-state index contributed by atoms with van der Waals surface area (Å²) >= 11 is 1.34. The van der Waals surface area contributed by atoms with E-state index in [1.54, 1.807) is 27.9 Å². The molecule has 0 spiro atoms. The van der Waals surface area contributed by atoms with E-state index in [-0.39, 0.29) is 24.0 Å². The van der Waals surface area contributed by atoms with Gasteiger partial charge in [-0.2, -0.15) is 11.3 Å². The van der Waals surface area contributed by atoms with Gasteiger partial charge in [0, 0.05) is 36.9 Å². The Balaban J connectivity index is 1.42. The van der Waals surface area contributed by atoms with Crippen molar-refractivity contribution in [3.63, 3.8) is 0 Å². The summed E-state index contributed by atoms with van der Waals surface area (Å²) in [6.07, 6.45) is 2.42. The quantitative estimate of drug-likeness (QED) is 0.572. The van der Waals surface area contributed by atoms with Crippen molar-refractivity contribution in [1.82, 2.24) is 14.6 Å². The third-order valence-electron chi connectivity index (χ3n) is 5.58. The first kappa shape index (κ1) is 22.4. The van der Waals surface area contributed by atoms with Crippen molar-refractivity contribution in [2.45, 2.75) is 38.3 Å². The lowest BCUT2D eigenvalue weighted by atomic mass is 9.95. The highest BCUT2D eigenvalue weighted by Crippen LogP contribution is 2.25. The lowest BCUT2D eigenvalue weighted by molar-refractivity contribution is -0.134. The molecular weight excluding hydrogens is 446 g/mol. The molecule has 0 saturated carbocycles. The van der Waals surface area contributed by atoms with Gasteiger partial charge in [0.05, 0.1) is 4.90 Å². The molecule has 4 rings (SSSR count). The van der Waals surface area contributed by atoms with Crippen LogP contribution in [0, 0.1) is 13.8 Å². The SMILES string of the molecule is Cc1ccc(OCC(=O)N2CCc3c(cnc(C)c3CNS(=O)(=O)c3ccsc3)C2)cc1. The van der Waals surface area contributed by atoms with Crippen LogP contribution >= 0.6 is 11.3 Å². The molecule has 0 fully saturated rings. The summed E-state index contributed by atoms with van der Waals surface area (Å²) in [6, 6.07) is 9.17. The largest absolute Gasteiger partial charge is 0.484 e. The van der Waals surface area contributed by atoms with Crippen LogP contribution in [0.4, 0.5) is 0 Å². The zero-order valence-corrected chi connectivity index (χ0v) is 19.6. The molecule has 168 valence electrons. The van der Waals surface area contributed by atoms with E-state index in [1.807, 2.05) is 38.1 Å². The van der Waals surface area contributed by atoms with Crippen LogP contribution in [0.3, 0.4) is 0 Å². The number of nitrogens with one attached hydrogen (secondary N) is 1. The number of hydrogen-bond acceptors (Lipinski definition) is 6. The molecule has 1 aliphatic rings. The number of carbonyl (C=O) groups excluding carboxylic acids is 1. The lowest BCUT2D eigenvalue weighted by Crippen LogP contribution is -2.39. The predicted octanol–water partition coefficient (Wildman–Crippen LogP) is 3.20. The molecule has 1 aromatic carbocycles. The molecule has 32 heavy (non-hydrogen) atoms. The van der Waals surface area contributed by atoms with Crippen LogP contribution in [0.25, 0.3) is 0 Å². The summed E-state index contributed by atoms with van der Waals surface area (Å²) in [5.41, 5.74) is 4.81. The Bertz CT molecular complexity index is 1210. The summed E-state index contributed by atoms with van der Waals surface area (Å²) < 4.78 is 33.3. The van der Waals surface area contributed by atoms with Gasteiger partial charge in [-0.05, 0) is 60.5 Å². The number of ether oxygens (including phenoxy) is 1. The fraction of sp³-hybridized carbons (Fsp3) is 0.304. The van der Waals surface area contributed by atoms with Crippen molar-refractivity contribution >= 4 is 27.3 Å². The number of sulfonamides is 1. The smallest absolute Gasteiger partial charge is 0.260 e. The number of hydrogen-bond donors (Lipinski definition) is 1. The van der Waals surface area contributed by atoms with E-state index < -0.39 is 10.0 Å². The van der Waals surface area contributed by atoms with Crippen LogP contribution in [0.2, 0.25) is 0 Å². The van der Waals surface area contributed by atoms with Crippen molar-refractivity contribution < 1.29 is 17.9 Å². The highest BCUT2D eigenvalue weighted by atomic mass is 32.2. The van der Waals surface area contributed by atoms with Crippen molar-refractivity contribution in [3.05, 3.63) is 75.2 Å². The van der Waals surface area contributed by atoms with Crippen LogP contribution in [0.15, 0.2) is 52.2 Å². The fourth-order valence-corrected chi connectivity index (χ4v) is 5.72. The summed E-state index contributed by atoms with van der Waals surface area (Å²) in [4.78, 5) is 19.2. The first-order chi connectivity index (χ1) is 15.3. The van der Waals surface area contributed by atoms with Crippen molar-refractivity contribution in [1.29, 1.82) is 0 Å². The Morgan fingerprint density at radius 2 is 2.00 bits per heavy atom. The maximum Gasteiger partial charge on any atom is 0.260 e. The van der Waals surface area contributed by atoms with E-state index >= 15 is 0 Å². The van der Waals surface area contributed by atoms with E-state index in [2.05, 4.69) is 9.71 Å². The number of benzene rings is 1. The second kappa shape index (κ2) is 9.40. The molecule has 0 saturated heterocycles. The van der Waals surface area contributed by atoms with Gasteiger partial charge in [0.25, 0.3) is 5.91 Å². The molecule has 1 aliphatic heterocycles. The minimum absolute atomic E-state index is 0.0228. The van der Waals surface area contributed by atoms with Gasteiger partial charge in [0.15, 0.2) is 6.61 Å². The van der Waals surface area contributed by atoms with Gasteiger partial charge in [-0.25, -0.2) is 13.1 Å². The van der Waals surface area contributed by atoms with Crippen LogP contribution in [0.1, 0.15) is 27.9 Å². The molecule has 0 radical (unpaired) electrons. The second-order valence-electron chi connectivity index (χ2n) is 7.78. The molecule has 0 unspecified atom stereocenters. The maximum atomic E-state index is 12.7. The molecule has 0 aliphatic carbocycles. The fourth-order valence-electron chi connectivity index (χ4n) is 3.70. The van der Waals surface area contributed by atoms with Gasteiger partial charge < -0.3 is 9.64 Å². The summed E-state index contributed by atoms with van der Waals surface area (Å²) in [7, 11) is -3.57. The number of pyridine rings is 1. The Hall–Kier alpha value is -2.75. The molecule has 9 heteroatoms. The number of rotatable bonds is 7. The number of aryl methyl sites for hydroxylation is 2. The summed E-state index contributed by atoms with van der Waals surface area (Å²) in [5.74, 6) is 0.579. The number of aromatic nitrogens is 1. The van der Waals surface area contributed by atoms with Crippen LogP contribution in [-0.4, -0.2) is 37.4 Å². The summed E-state index contributed by atoms with van der Waals surface area (Å²) in [5, 5.41) is 3.34. The normalized spacial score (nSPS) is 13.6. The maximum absolute atomic E-state index is 12.7. The number of amides is 1. The molecule has 1 N–H and O–H groups in total. The van der Waals surface area contributed by atoms with Crippen molar-refractivity contribution in [2.24, 2.45) is 0 Å². The van der Waals surface area contributed by atoms with Gasteiger partial charge in [-0.15, -0.1) is 0 Å². The van der Waals surface area contributed by atoms with E-state index in [0.29, 0.717) is 25.3 Å². The monoisotopic (exact) mass is 471 g/mol. The number of thiophene rings is 1. The zero-order valence-electron chi connectivity index (χ0n) is 18.0. The Kier molecular flexibility index (Phi) is 6.59. The number of fused-ring (bicyclic) bond motifs is 1. The zero-order chi connectivity index (χ0) is 22.7. The highest BCUT2D eigenvalue weighted by molar-refractivity contribution is 7.89. The summed E-state index contributed by atoms with van der Waals surface area (Å²) in [6.45, 7) is 5.01. The average Bonchev–Trinajstić information content (AvgIpc) is 3.33. The lowest BCUT2D eigenvalue weighted by Gasteiger charge is -2.30. The Morgan fingerprint density at radius 1 is 1.22 bits per heavy atom. The number of nitrogens with zero attached hydrogens (tertiary/aromatic N) is 2. The van der Waals surface area contributed by atoms with E-state index in [0.717, 1.165) is 27.9 Å². The van der Waals surface area contributed by atoms with Crippen LogP contribution in [0.5, 0.6) is 5.75 Å². The van der Waals surface area contributed by atoms with Gasteiger partial charge in [0.2, 0.25) is 10.0 Å². The number of carbonyl (C=O) groups is 1. The van der Waals surface area contributed by atoms with Crippen molar-refractivity contribution in [3.8, 4) is 5.75 Å². The third kappa shape index (κ3) is 5.01. The first-order valence-electron chi connectivity index (χ1n) is 10.3. The third-order valence-corrected chi connectivity index (χ3v) is 7.81. The predicted molar refractivity (Wildman–Crippen MR) is 123 cm³/mol. The van der Waals surface area contributed by atoms with Crippen LogP contribution in [-0.2, 0) is 34.3 Å². The van der Waals surface area contributed by atoms with E-state index in [4.69, 9.17) is 4.74 Å². The molecule has 1 amide bonds. The van der Waals surface area contributed by atoms with Gasteiger partial charge in [-0.1, -0.05) is 17.7 Å². The molecular formula is C23H25N3O4S2. The second-order valence-corrected chi connectivity index (χ2v) is 10.3.